The summed E-state index contributed by atoms with van der Waals surface area (Å²) in [4.78, 5) is 30.5. The summed E-state index contributed by atoms with van der Waals surface area (Å²) in [7, 11) is -2.36. The molecule has 188 valence electrons. The first kappa shape index (κ1) is 26.3. The number of pyridine rings is 2. The highest BCUT2D eigenvalue weighted by atomic mass is 32.2. The number of aromatic hydroxyl groups is 1. The number of nitrogens with one attached hydrogen (secondary N) is 1. The molecular weight excluding hydrogens is 479 g/mol. The van der Waals surface area contributed by atoms with E-state index < -0.39 is 39.0 Å². The minimum absolute atomic E-state index is 0.000309. The number of hydrogen-bond acceptors (Lipinski definition) is 7. The third kappa shape index (κ3) is 5.84. The molecule has 0 aliphatic heterocycles. The summed E-state index contributed by atoms with van der Waals surface area (Å²) in [6.45, 7) is 1.25. The highest BCUT2D eigenvalue weighted by Gasteiger charge is 2.27. The first-order valence-corrected chi connectivity index (χ1v) is 12.6. The number of halogens is 1. The molecular formula is C23H27FN4O6S. The van der Waals surface area contributed by atoms with Crippen LogP contribution in [0, 0.1) is 5.82 Å². The van der Waals surface area contributed by atoms with Crippen LogP contribution in [-0.4, -0.2) is 64.5 Å². The molecule has 0 radical (unpaired) electrons. The van der Waals surface area contributed by atoms with Gasteiger partial charge in [0.1, 0.15) is 16.9 Å². The van der Waals surface area contributed by atoms with Crippen LogP contribution in [0.2, 0.25) is 0 Å². The van der Waals surface area contributed by atoms with E-state index in [1.807, 2.05) is 0 Å². The first-order valence-electron chi connectivity index (χ1n) is 10.8. The van der Waals surface area contributed by atoms with Crippen molar-refractivity contribution < 1.29 is 27.8 Å². The highest BCUT2D eigenvalue weighted by molar-refractivity contribution is 7.88. The number of amides is 1. The summed E-state index contributed by atoms with van der Waals surface area (Å²) < 4.78 is 38.9. The summed E-state index contributed by atoms with van der Waals surface area (Å²) in [6, 6.07) is 7.56. The van der Waals surface area contributed by atoms with Gasteiger partial charge in [0.05, 0.1) is 17.9 Å². The van der Waals surface area contributed by atoms with Crippen LogP contribution in [0.1, 0.15) is 34.8 Å². The normalized spacial score (nSPS) is 12.7. The van der Waals surface area contributed by atoms with Gasteiger partial charge in [-0.1, -0.05) is 12.1 Å². The van der Waals surface area contributed by atoms with E-state index in [0.29, 0.717) is 12.0 Å². The SMILES string of the molecule is CC(NC(=O)c1c(O)c2ncc(Cc3ccc(F)cc3)cc2n(CCCO)c1=O)N(C)S(C)(=O)=O. The van der Waals surface area contributed by atoms with Crippen LogP contribution in [0.15, 0.2) is 41.3 Å². The molecule has 0 fully saturated rings. The van der Waals surface area contributed by atoms with E-state index in [9.17, 15) is 32.6 Å². The van der Waals surface area contributed by atoms with Gasteiger partial charge < -0.3 is 20.1 Å². The number of aliphatic hydroxyl groups excluding tert-OH is 1. The van der Waals surface area contributed by atoms with Crippen molar-refractivity contribution in [2.75, 3.05) is 19.9 Å². The number of carbonyl (C=O) groups excluding carboxylic acids is 1. The van der Waals surface area contributed by atoms with E-state index in [4.69, 9.17) is 0 Å². The smallest absolute Gasteiger partial charge is 0.267 e. The van der Waals surface area contributed by atoms with Gasteiger partial charge in [-0.25, -0.2) is 12.8 Å². The monoisotopic (exact) mass is 506 g/mol. The maximum Gasteiger partial charge on any atom is 0.267 e. The van der Waals surface area contributed by atoms with Gasteiger partial charge in [0.2, 0.25) is 10.0 Å². The highest BCUT2D eigenvalue weighted by Crippen LogP contribution is 2.26. The fourth-order valence-electron chi connectivity index (χ4n) is 3.58. The maximum atomic E-state index is 13.3. The van der Waals surface area contributed by atoms with E-state index in [-0.39, 0.29) is 36.4 Å². The zero-order valence-corrected chi connectivity index (χ0v) is 20.3. The summed E-state index contributed by atoms with van der Waals surface area (Å²) in [6.07, 6.45) is 2.04. The molecule has 0 saturated heterocycles. The lowest BCUT2D eigenvalue weighted by Gasteiger charge is -2.23. The second-order valence-electron chi connectivity index (χ2n) is 8.20. The summed E-state index contributed by atoms with van der Waals surface area (Å²) in [5, 5.41) is 22.5. The fraction of sp³-hybridized carbons (Fsp3) is 0.348. The zero-order chi connectivity index (χ0) is 25.9. The standard InChI is InChI=1S/C23H27FN4O6S/c1-14(27(2)35(3,33)34)26-22(31)19-21(30)20-18(28(23(19)32)9-4-10-29)12-16(13-25-20)11-15-5-7-17(24)8-6-15/h5-8,12-14,29-30H,4,9-11H2,1-3H3,(H,26,31). The number of nitrogens with zero attached hydrogens (tertiary/aromatic N) is 3. The minimum atomic E-state index is -3.63. The molecule has 0 saturated carbocycles. The van der Waals surface area contributed by atoms with Gasteiger partial charge in [-0.15, -0.1) is 0 Å². The molecule has 3 aromatic rings. The van der Waals surface area contributed by atoms with E-state index in [0.717, 1.165) is 16.1 Å². The summed E-state index contributed by atoms with van der Waals surface area (Å²) >= 11 is 0. The fourth-order valence-corrected chi connectivity index (χ4v) is 4.20. The maximum absolute atomic E-state index is 13.3. The number of carbonyl (C=O) groups is 1. The van der Waals surface area contributed by atoms with Gasteiger partial charge in [-0.05, 0) is 49.1 Å². The molecule has 1 unspecified atom stereocenters. The Balaban J connectivity index is 2.07. The summed E-state index contributed by atoms with van der Waals surface area (Å²) in [5.74, 6) is -1.96. The van der Waals surface area contributed by atoms with Crippen LogP contribution in [0.3, 0.4) is 0 Å². The first-order chi connectivity index (χ1) is 16.4. The Morgan fingerprint density at radius 3 is 2.51 bits per heavy atom. The van der Waals surface area contributed by atoms with Crippen LogP contribution < -0.4 is 10.9 Å². The van der Waals surface area contributed by atoms with Gasteiger partial charge in [0.15, 0.2) is 5.75 Å². The Kier molecular flexibility index (Phi) is 7.88. The van der Waals surface area contributed by atoms with Crippen LogP contribution >= 0.6 is 0 Å². The largest absolute Gasteiger partial charge is 0.505 e. The van der Waals surface area contributed by atoms with Crippen molar-refractivity contribution in [3.05, 3.63) is 69.4 Å². The van der Waals surface area contributed by atoms with Crippen molar-refractivity contribution in [1.29, 1.82) is 0 Å². The Morgan fingerprint density at radius 2 is 1.91 bits per heavy atom. The lowest BCUT2D eigenvalue weighted by molar-refractivity contribution is 0.0913. The van der Waals surface area contributed by atoms with E-state index in [1.165, 1.54) is 36.9 Å². The van der Waals surface area contributed by atoms with E-state index >= 15 is 0 Å². The predicted molar refractivity (Wildman–Crippen MR) is 128 cm³/mol. The molecule has 0 aliphatic rings. The number of aromatic nitrogens is 2. The number of fused-ring (bicyclic) bond motifs is 1. The average molecular weight is 507 g/mol. The average Bonchev–Trinajstić information content (AvgIpc) is 2.79. The topological polar surface area (TPSA) is 142 Å². The third-order valence-electron chi connectivity index (χ3n) is 5.63. The third-order valence-corrected chi connectivity index (χ3v) is 6.99. The molecule has 0 spiro atoms. The molecule has 3 rings (SSSR count). The Labute approximate surface area is 201 Å². The number of sulfonamides is 1. The second-order valence-corrected chi connectivity index (χ2v) is 10.2. The second kappa shape index (κ2) is 10.5. The lowest BCUT2D eigenvalue weighted by Crippen LogP contribution is -2.47. The molecule has 2 heterocycles. The van der Waals surface area contributed by atoms with E-state index in [2.05, 4.69) is 10.3 Å². The Morgan fingerprint density at radius 1 is 1.26 bits per heavy atom. The van der Waals surface area contributed by atoms with E-state index in [1.54, 1.807) is 18.2 Å². The van der Waals surface area contributed by atoms with Crippen LogP contribution in [0.25, 0.3) is 11.0 Å². The molecule has 35 heavy (non-hydrogen) atoms. The van der Waals surface area contributed by atoms with Crippen molar-refractivity contribution in [2.24, 2.45) is 0 Å². The molecule has 12 heteroatoms. The van der Waals surface area contributed by atoms with Crippen molar-refractivity contribution in [3.63, 3.8) is 0 Å². The minimum Gasteiger partial charge on any atom is -0.505 e. The Hall–Kier alpha value is -3.35. The van der Waals surface area contributed by atoms with Crippen LogP contribution in [-0.2, 0) is 23.0 Å². The van der Waals surface area contributed by atoms with Gasteiger partial charge in [0, 0.05) is 26.4 Å². The number of hydrogen-bond donors (Lipinski definition) is 3. The molecule has 2 aromatic heterocycles. The molecule has 0 bridgehead atoms. The molecule has 3 N–H and O–H groups in total. The van der Waals surface area contributed by atoms with Gasteiger partial charge in [-0.3, -0.25) is 14.6 Å². The molecule has 0 aliphatic carbocycles. The molecule has 1 amide bonds. The number of aliphatic hydroxyl groups is 1. The molecule has 1 atom stereocenters. The summed E-state index contributed by atoms with van der Waals surface area (Å²) in [5.41, 5.74) is 0.360. The van der Waals surface area contributed by atoms with Gasteiger partial charge >= 0.3 is 0 Å². The quantitative estimate of drug-likeness (QED) is 0.370. The van der Waals surface area contributed by atoms with Crippen molar-refractivity contribution >= 4 is 27.0 Å². The number of aryl methyl sites for hydroxylation is 1. The van der Waals surface area contributed by atoms with Gasteiger partial charge in [-0.2, -0.15) is 4.31 Å². The Bertz CT molecular complexity index is 1410. The van der Waals surface area contributed by atoms with Crippen molar-refractivity contribution in [3.8, 4) is 5.75 Å². The number of benzene rings is 1. The zero-order valence-electron chi connectivity index (χ0n) is 19.5. The van der Waals surface area contributed by atoms with Gasteiger partial charge in [0.25, 0.3) is 11.5 Å². The van der Waals surface area contributed by atoms with Crippen molar-refractivity contribution in [2.45, 2.75) is 32.5 Å². The predicted octanol–water partition coefficient (Wildman–Crippen LogP) is 1.18. The van der Waals surface area contributed by atoms with Crippen LogP contribution in [0.4, 0.5) is 4.39 Å². The number of rotatable bonds is 9. The molecule has 10 nitrogen and oxygen atoms in total. The van der Waals surface area contributed by atoms with Crippen molar-refractivity contribution in [1.82, 2.24) is 19.2 Å². The molecule has 1 aromatic carbocycles. The van der Waals surface area contributed by atoms with Crippen LogP contribution in [0.5, 0.6) is 5.75 Å². The lowest BCUT2D eigenvalue weighted by atomic mass is 10.1.